The van der Waals surface area contributed by atoms with Crippen LogP contribution in [0.5, 0.6) is 0 Å². The van der Waals surface area contributed by atoms with E-state index in [-0.39, 0.29) is 31.9 Å². The van der Waals surface area contributed by atoms with Gasteiger partial charge in [0, 0.05) is 18.8 Å². The van der Waals surface area contributed by atoms with Gasteiger partial charge in [-0.1, -0.05) is 30.7 Å². The Hall–Kier alpha value is -2.75. The average Bonchev–Trinajstić information content (AvgIpc) is 2.78. The number of rotatable bonds is 12. The van der Waals surface area contributed by atoms with E-state index in [0.29, 0.717) is 12.0 Å². The minimum Gasteiger partial charge on any atom is -0.466 e. The molecule has 1 rings (SSSR count). The van der Waals surface area contributed by atoms with Crippen LogP contribution in [0.4, 0.5) is 4.79 Å². The number of hydrogen-bond acceptors (Lipinski definition) is 7. The maximum Gasteiger partial charge on any atom is 0.408 e. The number of ether oxygens (including phenoxy) is 2. The minimum absolute atomic E-state index is 0.0142. The van der Waals surface area contributed by atoms with Crippen LogP contribution in [-0.2, 0) is 23.9 Å². The van der Waals surface area contributed by atoms with Gasteiger partial charge >= 0.3 is 12.1 Å². The van der Waals surface area contributed by atoms with Crippen LogP contribution < -0.4 is 10.6 Å². The van der Waals surface area contributed by atoms with Gasteiger partial charge in [-0.15, -0.1) is 0 Å². The third-order valence-corrected chi connectivity index (χ3v) is 5.51. The number of nitrogens with one attached hydrogen (secondary N) is 2. The molecule has 36 heavy (non-hydrogen) atoms. The van der Waals surface area contributed by atoms with Crippen molar-refractivity contribution in [2.24, 2.45) is 0 Å². The number of benzene rings is 1. The summed E-state index contributed by atoms with van der Waals surface area (Å²) in [6.45, 7) is 13.2. The second-order valence-corrected chi connectivity index (χ2v) is 9.89. The van der Waals surface area contributed by atoms with Gasteiger partial charge in [-0.3, -0.25) is 14.4 Å². The summed E-state index contributed by atoms with van der Waals surface area (Å²) >= 11 is 4.28. The Morgan fingerprint density at radius 3 is 2.33 bits per heavy atom. The molecule has 0 fully saturated rings. The number of alkyl carbamates (subject to hydrolysis) is 1. The lowest BCUT2D eigenvalue weighted by Gasteiger charge is -2.34. The molecule has 0 radical (unpaired) electrons. The van der Waals surface area contributed by atoms with Gasteiger partial charge in [0.15, 0.2) is 0 Å². The maximum atomic E-state index is 13.7. The van der Waals surface area contributed by atoms with Crippen LogP contribution in [-0.4, -0.2) is 65.9 Å². The van der Waals surface area contributed by atoms with Gasteiger partial charge in [0.05, 0.1) is 13.0 Å². The van der Waals surface area contributed by atoms with E-state index in [1.807, 2.05) is 39.0 Å². The van der Waals surface area contributed by atoms with Gasteiger partial charge in [0.2, 0.25) is 11.8 Å². The standard InChI is InChI=1S/C26H41N3O6S/c1-8-14-29(24(32)20(16-36)28-25(33)35-26(5,6)7)22(19-15-17(3)10-11-18(19)4)23(31)27-13-12-21(30)34-9-2/h10-11,15,20,22,36H,8-9,12-14,16H2,1-7H3,(H,27,31)(H,28,33). The van der Waals surface area contributed by atoms with Crippen LogP contribution in [0.3, 0.4) is 0 Å². The zero-order valence-corrected chi connectivity index (χ0v) is 23.4. The number of amides is 3. The lowest BCUT2D eigenvalue weighted by atomic mass is 9.96. The van der Waals surface area contributed by atoms with Gasteiger partial charge in [0.1, 0.15) is 17.7 Å². The Bertz CT molecular complexity index is 915. The van der Waals surface area contributed by atoms with E-state index >= 15 is 0 Å². The summed E-state index contributed by atoms with van der Waals surface area (Å²) in [5.74, 6) is -1.28. The number of thiol groups is 1. The first-order chi connectivity index (χ1) is 16.8. The normalized spacial score (nSPS) is 12.8. The van der Waals surface area contributed by atoms with Crippen molar-refractivity contribution in [3.05, 3.63) is 34.9 Å². The fourth-order valence-electron chi connectivity index (χ4n) is 3.57. The molecule has 3 amide bonds. The smallest absolute Gasteiger partial charge is 0.408 e. The van der Waals surface area contributed by atoms with E-state index in [1.165, 1.54) is 4.90 Å². The molecule has 0 heterocycles. The highest BCUT2D eigenvalue weighted by atomic mass is 32.1. The third kappa shape index (κ3) is 10.1. The van der Waals surface area contributed by atoms with Crippen LogP contribution >= 0.6 is 12.6 Å². The van der Waals surface area contributed by atoms with E-state index in [2.05, 4.69) is 23.3 Å². The molecule has 9 nitrogen and oxygen atoms in total. The molecule has 10 heteroatoms. The summed E-state index contributed by atoms with van der Waals surface area (Å²) in [4.78, 5) is 52.8. The molecule has 0 saturated carbocycles. The quantitative estimate of drug-likeness (QED) is 0.286. The van der Waals surface area contributed by atoms with E-state index < -0.39 is 41.6 Å². The van der Waals surface area contributed by atoms with Gasteiger partial charge in [-0.25, -0.2) is 4.79 Å². The SMILES string of the molecule is CCCN(C(=O)C(CS)NC(=O)OC(C)(C)C)C(C(=O)NCCC(=O)OCC)c1cc(C)ccc1C. The summed E-state index contributed by atoms with van der Waals surface area (Å²) in [6.07, 6.45) is -0.150. The van der Waals surface area contributed by atoms with E-state index in [1.54, 1.807) is 27.7 Å². The predicted octanol–water partition coefficient (Wildman–Crippen LogP) is 3.48. The summed E-state index contributed by atoms with van der Waals surface area (Å²) in [5.41, 5.74) is 1.70. The molecular weight excluding hydrogens is 482 g/mol. The van der Waals surface area contributed by atoms with Crippen LogP contribution in [0, 0.1) is 13.8 Å². The highest BCUT2D eigenvalue weighted by Crippen LogP contribution is 2.27. The van der Waals surface area contributed by atoms with Crippen LogP contribution in [0.2, 0.25) is 0 Å². The molecule has 0 bridgehead atoms. The Labute approximate surface area is 220 Å². The predicted molar refractivity (Wildman–Crippen MR) is 142 cm³/mol. The average molecular weight is 524 g/mol. The zero-order chi connectivity index (χ0) is 27.5. The number of esters is 1. The third-order valence-electron chi connectivity index (χ3n) is 5.14. The molecule has 2 unspecified atom stereocenters. The molecule has 1 aromatic rings. The number of carbonyl (C=O) groups excluding carboxylic acids is 4. The first kappa shape index (κ1) is 31.3. The molecule has 0 spiro atoms. The molecule has 0 aliphatic heterocycles. The van der Waals surface area contributed by atoms with Crippen molar-refractivity contribution in [2.45, 2.75) is 79.0 Å². The largest absolute Gasteiger partial charge is 0.466 e. The topological polar surface area (TPSA) is 114 Å². The Balaban J connectivity index is 3.33. The first-order valence-electron chi connectivity index (χ1n) is 12.3. The van der Waals surface area contributed by atoms with E-state index in [4.69, 9.17) is 9.47 Å². The van der Waals surface area contributed by atoms with E-state index in [9.17, 15) is 19.2 Å². The Kier molecular flexibility index (Phi) is 12.8. The van der Waals surface area contributed by atoms with Crippen LogP contribution in [0.25, 0.3) is 0 Å². The molecule has 0 aliphatic carbocycles. The minimum atomic E-state index is -1.00. The zero-order valence-electron chi connectivity index (χ0n) is 22.5. The second kappa shape index (κ2) is 14.7. The molecule has 2 atom stereocenters. The van der Waals surface area contributed by atoms with Gasteiger partial charge in [-0.2, -0.15) is 12.6 Å². The summed E-state index contributed by atoms with van der Waals surface area (Å²) in [5, 5.41) is 5.36. The second-order valence-electron chi connectivity index (χ2n) is 9.52. The van der Waals surface area contributed by atoms with Crippen LogP contribution in [0.1, 0.15) is 70.2 Å². The van der Waals surface area contributed by atoms with Crippen molar-refractivity contribution in [1.82, 2.24) is 15.5 Å². The summed E-state index contributed by atoms with van der Waals surface area (Å²) < 4.78 is 10.2. The summed E-state index contributed by atoms with van der Waals surface area (Å²) in [7, 11) is 0. The van der Waals surface area contributed by atoms with Crippen molar-refractivity contribution >= 4 is 36.5 Å². The Morgan fingerprint density at radius 2 is 1.78 bits per heavy atom. The first-order valence-corrected chi connectivity index (χ1v) is 12.9. The highest BCUT2D eigenvalue weighted by molar-refractivity contribution is 7.80. The fourth-order valence-corrected chi connectivity index (χ4v) is 3.81. The van der Waals surface area contributed by atoms with Crippen molar-refractivity contribution in [3.8, 4) is 0 Å². The molecule has 202 valence electrons. The van der Waals surface area contributed by atoms with Gasteiger partial charge < -0.3 is 25.0 Å². The molecule has 0 aromatic heterocycles. The molecule has 2 N–H and O–H groups in total. The molecular formula is C26H41N3O6S. The molecule has 0 aliphatic rings. The van der Waals surface area contributed by atoms with Gasteiger partial charge in [-0.05, 0) is 59.1 Å². The van der Waals surface area contributed by atoms with E-state index in [0.717, 1.165) is 11.1 Å². The van der Waals surface area contributed by atoms with Crippen LogP contribution in [0.15, 0.2) is 18.2 Å². The Morgan fingerprint density at radius 1 is 1.11 bits per heavy atom. The highest BCUT2D eigenvalue weighted by Gasteiger charge is 2.36. The lowest BCUT2D eigenvalue weighted by Crippen LogP contribution is -2.54. The molecule has 1 aromatic carbocycles. The fraction of sp³-hybridized carbons (Fsp3) is 0.615. The lowest BCUT2D eigenvalue weighted by molar-refractivity contribution is -0.144. The van der Waals surface area contributed by atoms with Crippen molar-refractivity contribution in [1.29, 1.82) is 0 Å². The summed E-state index contributed by atoms with van der Waals surface area (Å²) in [6, 6.07) is 3.73. The van der Waals surface area contributed by atoms with Crippen molar-refractivity contribution in [3.63, 3.8) is 0 Å². The van der Waals surface area contributed by atoms with Crippen molar-refractivity contribution in [2.75, 3.05) is 25.4 Å². The maximum absolute atomic E-state index is 13.7. The number of carbonyl (C=O) groups is 4. The van der Waals surface area contributed by atoms with Crippen molar-refractivity contribution < 1.29 is 28.7 Å². The van der Waals surface area contributed by atoms with Gasteiger partial charge in [0.25, 0.3) is 0 Å². The monoisotopic (exact) mass is 523 g/mol. The number of hydrogen-bond donors (Lipinski definition) is 3. The number of aryl methyl sites for hydroxylation is 2. The number of nitrogens with zero attached hydrogens (tertiary/aromatic N) is 1. The molecule has 0 saturated heterocycles.